The molecule has 0 aliphatic carbocycles. The lowest BCUT2D eigenvalue weighted by Gasteiger charge is -2.37. The van der Waals surface area contributed by atoms with E-state index in [4.69, 9.17) is 44.6 Å². The highest BCUT2D eigenvalue weighted by Crippen LogP contribution is 2.36. The van der Waals surface area contributed by atoms with Crippen LogP contribution in [-0.4, -0.2) is 103 Å². The second-order valence-corrected chi connectivity index (χ2v) is 17.0. The molecule has 0 aliphatic heterocycles. The first-order valence-corrected chi connectivity index (χ1v) is 17.1. The van der Waals surface area contributed by atoms with E-state index in [9.17, 15) is 0 Å². The van der Waals surface area contributed by atoms with E-state index in [0.29, 0.717) is 24.7 Å². The Bertz CT molecular complexity index is 438. The van der Waals surface area contributed by atoms with Crippen molar-refractivity contribution in [2.75, 3.05) is 70.6 Å². The van der Waals surface area contributed by atoms with E-state index in [2.05, 4.69) is 0 Å². The average Bonchev–Trinajstić information content (AvgIpc) is 2.86. The monoisotopic (exact) mass is 532 g/mol. The normalized spacial score (nSPS) is 13.6. The first kappa shape index (κ1) is 33.3. The van der Waals surface area contributed by atoms with Crippen LogP contribution in [0, 0.1) is 0 Å². The summed E-state index contributed by atoms with van der Waals surface area (Å²) >= 11 is 0. The van der Waals surface area contributed by atoms with Crippen molar-refractivity contribution in [2.24, 2.45) is 0 Å². The highest BCUT2D eigenvalue weighted by Gasteiger charge is 2.44. The fourth-order valence-corrected chi connectivity index (χ4v) is 9.52. The Hall–Kier alpha value is 0.251. The number of ether oxygens (including phenoxy) is 1. The Balaban J connectivity index is 5.63. The largest absolute Gasteiger partial charge is 0.500 e. The summed E-state index contributed by atoms with van der Waals surface area (Å²) in [6.45, 7) is 2.60. The Kier molecular flexibility index (Phi) is 17.0. The van der Waals surface area contributed by atoms with Crippen LogP contribution in [0.25, 0.3) is 0 Å². The highest BCUT2D eigenvalue weighted by molar-refractivity contribution is 6.61. The van der Waals surface area contributed by atoms with E-state index in [1.54, 1.807) is 64.0 Å². The molecule has 0 aromatic carbocycles. The van der Waals surface area contributed by atoms with Crippen LogP contribution in [-0.2, 0) is 44.6 Å². The maximum absolute atomic E-state index is 6.43. The Labute approximate surface area is 204 Å². The van der Waals surface area contributed by atoms with Gasteiger partial charge in [0, 0.05) is 88.7 Å². The molecule has 0 amide bonds. The van der Waals surface area contributed by atoms with Gasteiger partial charge in [-0.15, -0.1) is 0 Å². The van der Waals surface area contributed by atoms with Crippen LogP contribution in [0.5, 0.6) is 0 Å². The third-order valence-electron chi connectivity index (χ3n) is 6.37. The van der Waals surface area contributed by atoms with Gasteiger partial charge in [0.2, 0.25) is 0 Å². The molecule has 200 valence electrons. The average molecular weight is 533 g/mol. The molecule has 13 heteroatoms. The minimum Gasteiger partial charge on any atom is -0.377 e. The molecule has 0 rings (SSSR count). The maximum atomic E-state index is 6.43. The van der Waals surface area contributed by atoms with E-state index in [1.165, 1.54) is 0 Å². The summed E-state index contributed by atoms with van der Waals surface area (Å²) in [6, 6.07) is 2.03. The maximum Gasteiger partial charge on any atom is 0.500 e. The van der Waals surface area contributed by atoms with E-state index < -0.39 is 32.0 Å². The molecule has 0 aliphatic rings. The van der Waals surface area contributed by atoms with E-state index in [0.717, 1.165) is 32.1 Å². The number of rotatable bonds is 22. The zero-order valence-corrected chi connectivity index (χ0v) is 25.4. The van der Waals surface area contributed by atoms with E-state index >= 15 is 0 Å². The van der Waals surface area contributed by atoms with Gasteiger partial charge in [-0.2, -0.15) is 0 Å². The summed E-state index contributed by atoms with van der Waals surface area (Å²) in [5, 5.41) is 0. The fraction of sp³-hybridized carbons (Fsp3) is 1.00. The molecular formula is C20H48O10Si3. The number of hydrogen-bond donors (Lipinski definition) is 0. The molecule has 0 atom stereocenters. The van der Waals surface area contributed by atoms with Crippen molar-refractivity contribution in [1.29, 1.82) is 0 Å². The quantitative estimate of drug-likeness (QED) is 0.193. The molecule has 10 nitrogen and oxygen atoms in total. The van der Waals surface area contributed by atoms with Crippen molar-refractivity contribution >= 4 is 26.4 Å². The van der Waals surface area contributed by atoms with Crippen LogP contribution >= 0.6 is 0 Å². The van der Waals surface area contributed by atoms with E-state index in [-0.39, 0.29) is 0 Å². The van der Waals surface area contributed by atoms with Gasteiger partial charge in [-0.25, -0.2) is 0 Å². The lowest BCUT2D eigenvalue weighted by Crippen LogP contribution is -2.46. The Morgan fingerprint density at radius 2 is 0.758 bits per heavy atom. The summed E-state index contributed by atoms with van der Waals surface area (Å²) < 4.78 is 57.0. The van der Waals surface area contributed by atoms with Gasteiger partial charge >= 0.3 is 26.4 Å². The van der Waals surface area contributed by atoms with Crippen molar-refractivity contribution in [3.8, 4) is 0 Å². The predicted molar refractivity (Wildman–Crippen MR) is 132 cm³/mol. The zero-order chi connectivity index (χ0) is 25.4. The molecule has 0 aromatic heterocycles. The van der Waals surface area contributed by atoms with Crippen molar-refractivity contribution in [2.45, 2.75) is 62.8 Å². The zero-order valence-electron chi connectivity index (χ0n) is 22.4. The molecule has 0 radical (unpaired) electrons. The summed E-state index contributed by atoms with van der Waals surface area (Å²) in [5.74, 6) is 0. The third-order valence-corrected chi connectivity index (χ3v) is 14.8. The second kappa shape index (κ2) is 16.8. The van der Waals surface area contributed by atoms with Crippen LogP contribution in [0.4, 0.5) is 0 Å². The lowest BCUT2D eigenvalue weighted by molar-refractivity contribution is -0.0594. The summed E-state index contributed by atoms with van der Waals surface area (Å²) in [6.07, 6.45) is 3.98. The Morgan fingerprint density at radius 3 is 1.03 bits per heavy atom. The van der Waals surface area contributed by atoms with E-state index in [1.807, 2.05) is 6.92 Å². The van der Waals surface area contributed by atoms with Crippen LogP contribution in [0.1, 0.15) is 39.0 Å². The van der Waals surface area contributed by atoms with Crippen molar-refractivity contribution < 1.29 is 44.6 Å². The molecule has 0 saturated heterocycles. The first-order valence-electron chi connectivity index (χ1n) is 11.3. The predicted octanol–water partition coefficient (Wildman–Crippen LogP) is 3.35. The molecule has 33 heavy (non-hydrogen) atoms. The van der Waals surface area contributed by atoms with Crippen LogP contribution in [0.3, 0.4) is 0 Å². The van der Waals surface area contributed by atoms with Gasteiger partial charge < -0.3 is 44.6 Å². The topological polar surface area (TPSA) is 92.3 Å². The molecular weight excluding hydrogens is 484 g/mol. The van der Waals surface area contributed by atoms with Crippen molar-refractivity contribution in [3.63, 3.8) is 0 Å². The molecule has 0 spiro atoms. The van der Waals surface area contributed by atoms with Crippen molar-refractivity contribution in [3.05, 3.63) is 0 Å². The SMILES string of the molecule is CCOC(CCC[Si](OC)(OC)OC)(CCC[Si](OC)(OC)OC)CC[Si](OC)(OC)OC. The smallest absolute Gasteiger partial charge is 0.377 e. The standard InChI is InChI=1S/C20H48O10Si3/c1-11-30-20(16-19-33(27-8,28-9)29-10,14-12-17-31(21-2,22-3)23-4)15-13-18-32(24-5,25-6)26-7/h11-19H2,1-10H3. The summed E-state index contributed by atoms with van der Waals surface area (Å²) in [7, 11) is 6.59. The van der Waals surface area contributed by atoms with Gasteiger partial charge in [0.05, 0.1) is 5.60 Å². The van der Waals surface area contributed by atoms with Crippen molar-refractivity contribution in [1.82, 2.24) is 0 Å². The van der Waals surface area contributed by atoms with Crippen LogP contribution in [0.15, 0.2) is 0 Å². The minimum absolute atomic E-state index is 0.409. The molecule has 0 fully saturated rings. The molecule has 0 bridgehead atoms. The van der Waals surface area contributed by atoms with Crippen LogP contribution < -0.4 is 0 Å². The number of hydrogen-bond acceptors (Lipinski definition) is 10. The summed E-state index contributed by atoms with van der Waals surface area (Å²) in [5.41, 5.74) is -0.409. The molecule has 0 aromatic rings. The first-order chi connectivity index (χ1) is 15.7. The molecule has 0 unspecified atom stereocenters. The minimum atomic E-state index is -2.76. The molecule has 0 N–H and O–H groups in total. The van der Waals surface area contributed by atoms with Gasteiger partial charge in [-0.3, -0.25) is 0 Å². The molecule has 0 saturated carbocycles. The molecule has 0 heterocycles. The van der Waals surface area contributed by atoms with Gasteiger partial charge in [-0.1, -0.05) is 0 Å². The highest BCUT2D eigenvalue weighted by atomic mass is 28.4. The van der Waals surface area contributed by atoms with Gasteiger partial charge in [-0.05, 0) is 39.0 Å². The third kappa shape index (κ3) is 10.0. The Morgan fingerprint density at radius 1 is 0.455 bits per heavy atom. The summed E-state index contributed by atoms with van der Waals surface area (Å²) in [4.78, 5) is 0. The van der Waals surface area contributed by atoms with Gasteiger partial charge in [0.25, 0.3) is 0 Å². The lowest BCUT2D eigenvalue weighted by atomic mass is 9.89. The second-order valence-electron chi connectivity index (χ2n) is 7.71. The fourth-order valence-electron chi connectivity index (χ4n) is 4.20. The van der Waals surface area contributed by atoms with Gasteiger partial charge in [0.15, 0.2) is 0 Å². The van der Waals surface area contributed by atoms with Crippen LogP contribution in [0.2, 0.25) is 18.1 Å². The van der Waals surface area contributed by atoms with Gasteiger partial charge in [0.1, 0.15) is 0 Å².